The Morgan fingerprint density at radius 2 is 1.88 bits per heavy atom. The van der Waals surface area contributed by atoms with E-state index >= 15 is 0 Å². The Labute approximate surface area is 140 Å². The number of rotatable bonds is 6. The first-order valence-corrected chi connectivity index (χ1v) is 7.74. The van der Waals surface area contributed by atoms with Crippen LogP contribution in [0.5, 0.6) is 0 Å². The van der Waals surface area contributed by atoms with Crippen LogP contribution in [0.15, 0.2) is 30.3 Å². The maximum Gasteiger partial charge on any atom is 0.303 e. The Morgan fingerprint density at radius 1 is 1.25 bits per heavy atom. The van der Waals surface area contributed by atoms with E-state index in [9.17, 15) is 14.0 Å². The maximum atomic E-state index is 13.1. The molecule has 0 saturated carbocycles. The molecule has 2 rings (SSSR count). The van der Waals surface area contributed by atoms with Crippen LogP contribution in [-0.4, -0.2) is 28.1 Å². The Hall–Kier alpha value is -2.63. The summed E-state index contributed by atoms with van der Waals surface area (Å²) in [7, 11) is 0. The van der Waals surface area contributed by atoms with E-state index in [-0.39, 0.29) is 24.1 Å². The Balaban J connectivity index is 2.17. The van der Waals surface area contributed by atoms with Gasteiger partial charge in [-0.2, -0.15) is 0 Å². The van der Waals surface area contributed by atoms with Gasteiger partial charge in [0.15, 0.2) is 0 Å². The van der Waals surface area contributed by atoms with Crippen LogP contribution in [-0.2, 0) is 4.79 Å². The molecule has 1 aromatic heterocycles. The Kier molecular flexibility index (Phi) is 5.39. The number of hydrogen-bond acceptors (Lipinski definition) is 2. The molecule has 1 atom stereocenters. The van der Waals surface area contributed by atoms with E-state index in [0.717, 1.165) is 17.1 Å². The largest absolute Gasteiger partial charge is 0.481 e. The number of carbonyl (C=O) groups excluding carboxylic acids is 1. The number of carboxylic acid groups (broad SMARTS) is 1. The summed E-state index contributed by atoms with van der Waals surface area (Å²) in [6.07, 6.45) is 0.00881. The van der Waals surface area contributed by atoms with Crippen LogP contribution in [0.1, 0.15) is 35.1 Å². The van der Waals surface area contributed by atoms with Gasteiger partial charge >= 0.3 is 5.97 Å². The molecule has 0 bridgehead atoms. The number of hydrogen-bond donors (Lipinski definition) is 2. The fourth-order valence-electron chi connectivity index (χ4n) is 2.71. The first kappa shape index (κ1) is 17.7. The molecule has 6 heteroatoms. The van der Waals surface area contributed by atoms with Crippen molar-refractivity contribution in [3.8, 4) is 5.69 Å². The zero-order valence-electron chi connectivity index (χ0n) is 14.0. The second kappa shape index (κ2) is 7.29. The highest BCUT2D eigenvalue weighted by atomic mass is 19.1. The van der Waals surface area contributed by atoms with Gasteiger partial charge in [-0.15, -0.1) is 0 Å². The van der Waals surface area contributed by atoms with E-state index in [0.29, 0.717) is 12.1 Å². The summed E-state index contributed by atoms with van der Waals surface area (Å²) in [4.78, 5) is 23.0. The minimum absolute atomic E-state index is 0.00881. The maximum absolute atomic E-state index is 13.1. The van der Waals surface area contributed by atoms with Gasteiger partial charge in [0.1, 0.15) is 5.82 Å². The molecule has 2 N–H and O–H groups in total. The fraction of sp³-hybridized carbons (Fsp3) is 0.333. The number of aliphatic carboxylic acids is 1. The molecule has 1 aromatic carbocycles. The number of halogens is 1. The van der Waals surface area contributed by atoms with Crippen molar-refractivity contribution in [1.29, 1.82) is 0 Å². The van der Waals surface area contributed by atoms with Crippen molar-refractivity contribution in [3.63, 3.8) is 0 Å². The van der Waals surface area contributed by atoms with Gasteiger partial charge in [0.2, 0.25) is 0 Å². The third-order valence-corrected chi connectivity index (χ3v) is 3.89. The minimum Gasteiger partial charge on any atom is -0.481 e. The normalized spacial score (nSPS) is 12.0. The smallest absolute Gasteiger partial charge is 0.303 e. The van der Waals surface area contributed by atoms with E-state index in [2.05, 4.69) is 5.32 Å². The van der Waals surface area contributed by atoms with Crippen molar-refractivity contribution in [1.82, 2.24) is 9.88 Å². The lowest BCUT2D eigenvalue weighted by Gasteiger charge is -2.12. The third-order valence-electron chi connectivity index (χ3n) is 3.89. The summed E-state index contributed by atoms with van der Waals surface area (Å²) in [6.45, 7) is 5.77. The van der Waals surface area contributed by atoms with Gasteiger partial charge in [-0.1, -0.05) is 6.92 Å². The number of nitrogens with one attached hydrogen (secondary N) is 1. The monoisotopic (exact) mass is 332 g/mol. The molecule has 24 heavy (non-hydrogen) atoms. The highest BCUT2D eigenvalue weighted by Gasteiger charge is 2.17. The number of carboxylic acids is 1. The topological polar surface area (TPSA) is 71.3 Å². The number of carbonyl (C=O) groups is 2. The molecule has 5 nitrogen and oxygen atoms in total. The number of aryl methyl sites for hydroxylation is 1. The second-order valence-corrected chi connectivity index (χ2v) is 6.01. The zero-order chi connectivity index (χ0) is 17.9. The van der Waals surface area contributed by atoms with Crippen molar-refractivity contribution in [3.05, 3.63) is 53.1 Å². The minimum atomic E-state index is -0.883. The number of benzene rings is 1. The van der Waals surface area contributed by atoms with Crippen molar-refractivity contribution in [2.45, 2.75) is 27.2 Å². The second-order valence-electron chi connectivity index (χ2n) is 6.01. The van der Waals surface area contributed by atoms with Gasteiger partial charge in [0, 0.05) is 30.0 Å². The van der Waals surface area contributed by atoms with E-state index in [4.69, 9.17) is 5.11 Å². The summed E-state index contributed by atoms with van der Waals surface area (Å²) in [5.41, 5.74) is 2.93. The summed E-state index contributed by atoms with van der Waals surface area (Å²) in [5, 5.41) is 11.5. The van der Waals surface area contributed by atoms with Crippen LogP contribution >= 0.6 is 0 Å². The Morgan fingerprint density at radius 3 is 2.46 bits per heavy atom. The first-order chi connectivity index (χ1) is 11.3. The molecule has 1 unspecified atom stereocenters. The van der Waals surface area contributed by atoms with E-state index in [1.165, 1.54) is 12.1 Å². The molecular formula is C18H21FN2O3. The van der Waals surface area contributed by atoms with Crippen LogP contribution < -0.4 is 5.32 Å². The molecule has 0 aliphatic heterocycles. The van der Waals surface area contributed by atoms with Gasteiger partial charge in [0.25, 0.3) is 5.91 Å². The van der Waals surface area contributed by atoms with Gasteiger partial charge < -0.3 is 15.0 Å². The molecule has 1 amide bonds. The lowest BCUT2D eigenvalue weighted by Crippen LogP contribution is -2.29. The predicted molar refractivity (Wildman–Crippen MR) is 89.0 cm³/mol. The standard InChI is InChI=1S/C18H21FN2O3/c1-11(8-17(22)23)10-20-18(24)16-9-12(2)21(13(16)3)15-6-4-14(19)5-7-15/h4-7,9,11H,8,10H2,1-3H3,(H,20,24)(H,22,23). The molecule has 128 valence electrons. The van der Waals surface area contributed by atoms with Crippen LogP contribution in [0.4, 0.5) is 4.39 Å². The molecule has 1 heterocycles. The lowest BCUT2D eigenvalue weighted by atomic mass is 10.1. The molecule has 0 spiro atoms. The van der Waals surface area contributed by atoms with E-state index in [1.807, 2.05) is 18.4 Å². The molecule has 0 aliphatic rings. The van der Waals surface area contributed by atoms with Crippen LogP contribution in [0, 0.1) is 25.6 Å². The van der Waals surface area contributed by atoms with E-state index < -0.39 is 5.97 Å². The SMILES string of the molecule is Cc1cc(C(=O)NCC(C)CC(=O)O)c(C)n1-c1ccc(F)cc1. The van der Waals surface area contributed by atoms with Crippen molar-refractivity contribution in [2.24, 2.45) is 5.92 Å². The third kappa shape index (κ3) is 4.01. The number of aromatic nitrogens is 1. The molecular weight excluding hydrogens is 311 g/mol. The van der Waals surface area contributed by atoms with Gasteiger partial charge in [-0.25, -0.2) is 4.39 Å². The molecule has 0 aliphatic carbocycles. The van der Waals surface area contributed by atoms with Crippen LogP contribution in [0.2, 0.25) is 0 Å². The molecule has 0 radical (unpaired) electrons. The average Bonchev–Trinajstić information content (AvgIpc) is 2.80. The van der Waals surface area contributed by atoms with Gasteiger partial charge in [-0.05, 0) is 50.1 Å². The van der Waals surface area contributed by atoms with Crippen LogP contribution in [0.25, 0.3) is 5.69 Å². The molecule has 0 fully saturated rings. The quantitative estimate of drug-likeness (QED) is 0.854. The fourth-order valence-corrected chi connectivity index (χ4v) is 2.71. The van der Waals surface area contributed by atoms with Crippen molar-refractivity contribution < 1.29 is 19.1 Å². The summed E-state index contributed by atoms with van der Waals surface area (Å²) >= 11 is 0. The summed E-state index contributed by atoms with van der Waals surface area (Å²) in [6, 6.07) is 7.84. The molecule has 0 saturated heterocycles. The zero-order valence-corrected chi connectivity index (χ0v) is 14.0. The van der Waals surface area contributed by atoms with E-state index in [1.54, 1.807) is 25.1 Å². The molecule has 2 aromatic rings. The van der Waals surface area contributed by atoms with Crippen molar-refractivity contribution >= 4 is 11.9 Å². The number of nitrogens with zero attached hydrogens (tertiary/aromatic N) is 1. The lowest BCUT2D eigenvalue weighted by molar-refractivity contribution is -0.137. The number of amides is 1. The van der Waals surface area contributed by atoms with Crippen molar-refractivity contribution in [2.75, 3.05) is 6.54 Å². The summed E-state index contributed by atoms with van der Waals surface area (Å²) in [5.74, 6) is -1.58. The average molecular weight is 332 g/mol. The first-order valence-electron chi connectivity index (χ1n) is 7.74. The van der Waals surface area contributed by atoms with Gasteiger partial charge in [-0.3, -0.25) is 9.59 Å². The highest BCUT2D eigenvalue weighted by molar-refractivity contribution is 5.96. The predicted octanol–water partition coefficient (Wildman–Crippen LogP) is 3.07. The van der Waals surface area contributed by atoms with Crippen LogP contribution in [0.3, 0.4) is 0 Å². The summed E-state index contributed by atoms with van der Waals surface area (Å²) < 4.78 is 15.0. The van der Waals surface area contributed by atoms with Gasteiger partial charge in [0.05, 0.1) is 5.56 Å². The highest BCUT2D eigenvalue weighted by Crippen LogP contribution is 2.21. The Bertz CT molecular complexity index is 750.